The van der Waals surface area contributed by atoms with E-state index >= 15 is 0 Å². The number of ether oxygens (including phenoxy) is 1. The fraction of sp³-hybridized carbons (Fsp3) is 0.321. The minimum absolute atomic E-state index is 0.786. The third-order valence-corrected chi connectivity index (χ3v) is 6.41. The Morgan fingerprint density at radius 2 is 1.77 bits per heavy atom. The number of fused-ring (bicyclic) bond motifs is 5. The lowest BCUT2D eigenvalue weighted by atomic mass is 9.89. The molecule has 0 amide bonds. The summed E-state index contributed by atoms with van der Waals surface area (Å²) in [5, 5.41) is 3.94. The van der Waals surface area contributed by atoms with Gasteiger partial charge >= 0.3 is 0 Å². The number of hydrogen-bond acceptors (Lipinski definition) is 3. The van der Waals surface area contributed by atoms with E-state index in [0.717, 1.165) is 49.5 Å². The number of aromatic nitrogens is 1. The zero-order valence-corrected chi connectivity index (χ0v) is 18.5. The minimum Gasteiger partial charge on any atom is -0.494 e. The van der Waals surface area contributed by atoms with Gasteiger partial charge in [-0.2, -0.15) is 0 Å². The largest absolute Gasteiger partial charge is 0.494 e. The van der Waals surface area contributed by atoms with Crippen molar-refractivity contribution >= 4 is 21.7 Å². The molecule has 5 rings (SSSR count). The van der Waals surface area contributed by atoms with Crippen LogP contribution < -0.4 is 4.74 Å². The number of benzene rings is 3. The average molecular weight is 411 g/mol. The summed E-state index contributed by atoms with van der Waals surface area (Å²) in [7, 11) is 2.20. The Kier molecular flexibility index (Phi) is 5.61. The Bertz CT molecular complexity index is 1210. The van der Waals surface area contributed by atoms with Gasteiger partial charge in [0, 0.05) is 24.0 Å². The molecular formula is C28H30N2O. The summed E-state index contributed by atoms with van der Waals surface area (Å²) in [6, 6.07) is 21.6. The summed E-state index contributed by atoms with van der Waals surface area (Å²) in [6.07, 6.45) is 4.60. The highest BCUT2D eigenvalue weighted by atomic mass is 16.5. The van der Waals surface area contributed by atoms with Gasteiger partial charge in [0.05, 0.1) is 17.8 Å². The standard InChI is InChI=1S/C28H30N2O/c1-3-4-7-18-31-22-13-10-21(11-14-22)28-25-19-30(2)17-16-24(25)27-23-9-6-5-8-20(23)12-15-26(27)29-28/h5-6,8-15H,3-4,7,16-19H2,1-2H3. The van der Waals surface area contributed by atoms with Crippen molar-refractivity contribution in [1.29, 1.82) is 0 Å². The Morgan fingerprint density at radius 1 is 0.935 bits per heavy atom. The molecule has 3 heteroatoms. The van der Waals surface area contributed by atoms with Gasteiger partial charge in [-0.1, -0.05) is 50.1 Å². The topological polar surface area (TPSA) is 25.4 Å². The van der Waals surface area contributed by atoms with Crippen LogP contribution >= 0.6 is 0 Å². The normalized spacial score (nSPS) is 14.1. The molecule has 0 bridgehead atoms. The molecule has 0 saturated heterocycles. The van der Waals surface area contributed by atoms with Crippen molar-refractivity contribution in [1.82, 2.24) is 9.88 Å². The zero-order chi connectivity index (χ0) is 21.2. The van der Waals surface area contributed by atoms with E-state index in [4.69, 9.17) is 9.72 Å². The average Bonchev–Trinajstić information content (AvgIpc) is 2.81. The summed E-state index contributed by atoms with van der Waals surface area (Å²) in [6.45, 7) is 5.02. The molecule has 0 atom stereocenters. The lowest BCUT2D eigenvalue weighted by Gasteiger charge is -2.28. The van der Waals surface area contributed by atoms with E-state index in [2.05, 4.69) is 79.5 Å². The van der Waals surface area contributed by atoms with E-state index in [1.54, 1.807) is 0 Å². The minimum atomic E-state index is 0.786. The Balaban J connectivity index is 1.59. The number of rotatable bonds is 6. The molecule has 0 aliphatic carbocycles. The molecule has 158 valence electrons. The van der Waals surface area contributed by atoms with Gasteiger partial charge in [-0.05, 0) is 72.1 Å². The lowest BCUT2D eigenvalue weighted by molar-refractivity contribution is 0.306. The second-order valence-corrected chi connectivity index (χ2v) is 8.67. The first-order valence-electron chi connectivity index (χ1n) is 11.5. The molecule has 0 saturated carbocycles. The number of likely N-dealkylation sites (N-methyl/N-ethyl adjacent to an activating group) is 1. The second-order valence-electron chi connectivity index (χ2n) is 8.67. The molecule has 31 heavy (non-hydrogen) atoms. The predicted octanol–water partition coefficient (Wildman–Crippen LogP) is 6.61. The van der Waals surface area contributed by atoms with E-state index in [9.17, 15) is 0 Å². The van der Waals surface area contributed by atoms with Gasteiger partial charge in [0.2, 0.25) is 0 Å². The second kappa shape index (κ2) is 8.68. The number of hydrogen-bond donors (Lipinski definition) is 0. The third-order valence-electron chi connectivity index (χ3n) is 6.41. The highest BCUT2D eigenvalue weighted by molar-refractivity contribution is 6.09. The van der Waals surface area contributed by atoms with Crippen LogP contribution in [0.25, 0.3) is 32.9 Å². The monoisotopic (exact) mass is 410 g/mol. The molecule has 0 unspecified atom stereocenters. The molecule has 4 aromatic rings. The number of nitrogens with zero attached hydrogens (tertiary/aromatic N) is 2. The van der Waals surface area contributed by atoms with Crippen LogP contribution in [0.15, 0.2) is 60.7 Å². The maximum Gasteiger partial charge on any atom is 0.119 e. The van der Waals surface area contributed by atoms with E-state index < -0.39 is 0 Å². The summed E-state index contributed by atoms with van der Waals surface area (Å²) >= 11 is 0. The highest BCUT2D eigenvalue weighted by Crippen LogP contribution is 2.37. The SMILES string of the molecule is CCCCCOc1ccc(-c2nc3ccc4ccccc4c3c3c2CN(C)CC3)cc1. The van der Waals surface area contributed by atoms with Crippen molar-refractivity contribution in [2.75, 3.05) is 20.2 Å². The summed E-state index contributed by atoms with van der Waals surface area (Å²) < 4.78 is 5.92. The van der Waals surface area contributed by atoms with Crippen LogP contribution in [0.5, 0.6) is 5.75 Å². The quantitative estimate of drug-likeness (QED) is 0.264. The van der Waals surface area contributed by atoms with Crippen molar-refractivity contribution < 1.29 is 4.74 Å². The molecule has 2 heterocycles. The fourth-order valence-corrected chi connectivity index (χ4v) is 4.74. The molecule has 1 aromatic heterocycles. The molecule has 1 aliphatic rings. The van der Waals surface area contributed by atoms with Crippen LogP contribution in [0.3, 0.4) is 0 Å². The summed E-state index contributed by atoms with van der Waals surface area (Å²) in [5.41, 5.74) is 6.21. The first-order valence-corrected chi connectivity index (χ1v) is 11.5. The molecule has 0 fully saturated rings. The Hall–Kier alpha value is -2.91. The number of pyridine rings is 1. The Labute approximate surface area is 184 Å². The molecule has 1 aliphatic heterocycles. The molecule has 0 N–H and O–H groups in total. The van der Waals surface area contributed by atoms with Crippen LogP contribution in [0.2, 0.25) is 0 Å². The van der Waals surface area contributed by atoms with Crippen LogP contribution in [-0.2, 0) is 13.0 Å². The van der Waals surface area contributed by atoms with Gasteiger partial charge in [0.25, 0.3) is 0 Å². The number of unbranched alkanes of at least 4 members (excludes halogenated alkanes) is 2. The fourth-order valence-electron chi connectivity index (χ4n) is 4.74. The van der Waals surface area contributed by atoms with E-state index in [0.29, 0.717) is 0 Å². The first-order chi connectivity index (χ1) is 15.2. The maximum absolute atomic E-state index is 5.92. The molecule has 0 radical (unpaired) electrons. The van der Waals surface area contributed by atoms with Crippen molar-refractivity contribution in [3.05, 3.63) is 71.8 Å². The van der Waals surface area contributed by atoms with Crippen LogP contribution in [0.4, 0.5) is 0 Å². The van der Waals surface area contributed by atoms with E-state index in [-0.39, 0.29) is 0 Å². The predicted molar refractivity (Wildman–Crippen MR) is 130 cm³/mol. The van der Waals surface area contributed by atoms with Gasteiger partial charge in [0.15, 0.2) is 0 Å². The highest BCUT2D eigenvalue weighted by Gasteiger charge is 2.22. The van der Waals surface area contributed by atoms with Gasteiger partial charge in [-0.25, -0.2) is 4.98 Å². The van der Waals surface area contributed by atoms with Crippen LogP contribution in [0.1, 0.15) is 37.3 Å². The lowest BCUT2D eigenvalue weighted by Crippen LogP contribution is -2.27. The smallest absolute Gasteiger partial charge is 0.119 e. The van der Waals surface area contributed by atoms with Crippen molar-refractivity contribution in [3.63, 3.8) is 0 Å². The summed E-state index contributed by atoms with van der Waals surface area (Å²) in [4.78, 5) is 7.59. The van der Waals surface area contributed by atoms with E-state index in [1.807, 2.05) is 0 Å². The maximum atomic E-state index is 5.92. The van der Waals surface area contributed by atoms with Gasteiger partial charge in [-0.15, -0.1) is 0 Å². The van der Waals surface area contributed by atoms with Crippen LogP contribution in [0, 0.1) is 0 Å². The van der Waals surface area contributed by atoms with Gasteiger partial charge in [-0.3, -0.25) is 0 Å². The Morgan fingerprint density at radius 3 is 2.61 bits per heavy atom. The zero-order valence-electron chi connectivity index (χ0n) is 18.5. The molecule has 0 spiro atoms. The van der Waals surface area contributed by atoms with Crippen molar-refractivity contribution in [2.45, 2.75) is 39.2 Å². The van der Waals surface area contributed by atoms with Gasteiger partial charge < -0.3 is 9.64 Å². The van der Waals surface area contributed by atoms with Crippen molar-refractivity contribution in [3.8, 4) is 17.0 Å². The van der Waals surface area contributed by atoms with Gasteiger partial charge in [0.1, 0.15) is 5.75 Å². The van der Waals surface area contributed by atoms with Crippen LogP contribution in [-0.4, -0.2) is 30.1 Å². The molecule has 3 nitrogen and oxygen atoms in total. The summed E-state index contributed by atoms with van der Waals surface area (Å²) in [5.74, 6) is 0.942. The molecular weight excluding hydrogens is 380 g/mol. The first kappa shape index (κ1) is 20.0. The molecule has 3 aromatic carbocycles. The van der Waals surface area contributed by atoms with Crippen molar-refractivity contribution in [2.24, 2.45) is 0 Å². The van der Waals surface area contributed by atoms with E-state index in [1.165, 1.54) is 45.7 Å². The third kappa shape index (κ3) is 3.90.